The monoisotopic (exact) mass is 449 g/mol. The first-order valence-corrected chi connectivity index (χ1v) is 10.8. The minimum atomic E-state index is -0.804. The van der Waals surface area contributed by atoms with Gasteiger partial charge in [0.05, 0.1) is 0 Å². The number of primary amides is 1. The normalized spacial score (nSPS) is 11.5. The molecule has 0 saturated carbocycles. The van der Waals surface area contributed by atoms with Crippen molar-refractivity contribution >= 4 is 23.2 Å². The molecule has 0 fully saturated rings. The minimum Gasteiger partial charge on any atom is -0.443 e. The van der Waals surface area contributed by atoms with Crippen molar-refractivity contribution < 1.29 is 14.1 Å². The number of aryl methyl sites for hydroxylation is 1. The fraction of sp³-hybridized carbons (Fsp3) is 0.217. The van der Waals surface area contributed by atoms with E-state index in [0.29, 0.717) is 28.8 Å². The topological polar surface area (TPSA) is 130 Å². The number of benzene rings is 2. The molecule has 0 aliphatic carbocycles. The molecule has 9 heteroatoms. The average molecular weight is 450 g/mol. The van der Waals surface area contributed by atoms with Crippen molar-refractivity contribution in [2.75, 3.05) is 5.73 Å². The maximum Gasteiger partial charge on any atom is 0.405 e. The quantitative estimate of drug-likeness (QED) is 0.431. The SMILES string of the molecule is Cc1ccc(CC(C)(C)OC(N)=O)cc1-c1noc(-c2sc(-c3ccccc3)nc2N)n1. The zero-order chi connectivity index (χ0) is 22.9. The summed E-state index contributed by atoms with van der Waals surface area (Å²) in [5.41, 5.74) is 14.3. The van der Waals surface area contributed by atoms with Gasteiger partial charge in [0, 0.05) is 17.5 Å². The summed E-state index contributed by atoms with van der Waals surface area (Å²) in [5, 5.41) is 4.95. The highest BCUT2D eigenvalue weighted by molar-refractivity contribution is 7.18. The lowest BCUT2D eigenvalue weighted by Crippen LogP contribution is -2.33. The maximum absolute atomic E-state index is 11.2. The Morgan fingerprint density at radius 3 is 2.62 bits per heavy atom. The van der Waals surface area contributed by atoms with Gasteiger partial charge in [0.2, 0.25) is 5.82 Å². The Bertz CT molecular complexity index is 1260. The van der Waals surface area contributed by atoms with Crippen molar-refractivity contribution in [3.63, 3.8) is 0 Å². The fourth-order valence-corrected chi connectivity index (χ4v) is 4.35. The molecule has 32 heavy (non-hydrogen) atoms. The molecule has 0 aliphatic heterocycles. The third kappa shape index (κ3) is 4.62. The van der Waals surface area contributed by atoms with E-state index in [0.717, 1.165) is 27.3 Å². The minimum absolute atomic E-state index is 0.319. The van der Waals surface area contributed by atoms with Gasteiger partial charge in [-0.2, -0.15) is 4.98 Å². The van der Waals surface area contributed by atoms with Crippen molar-refractivity contribution in [3.05, 3.63) is 59.7 Å². The molecule has 4 N–H and O–H groups in total. The molecular weight excluding hydrogens is 426 g/mol. The van der Waals surface area contributed by atoms with Crippen molar-refractivity contribution in [1.82, 2.24) is 15.1 Å². The molecule has 0 unspecified atom stereocenters. The molecule has 2 heterocycles. The predicted octanol–water partition coefficient (Wildman–Crippen LogP) is 4.83. The number of rotatable bonds is 6. The number of carbonyl (C=O) groups excluding carboxylic acids is 1. The van der Waals surface area contributed by atoms with Gasteiger partial charge < -0.3 is 20.7 Å². The molecule has 1 amide bonds. The van der Waals surface area contributed by atoms with E-state index in [9.17, 15) is 4.79 Å². The standard InChI is InChI=1S/C23H23N5O3S/c1-13-9-10-14(12-23(2,3)30-22(25)29)11-16(13)19-27-20(31-28-19)17-18(24)26-21(32-17)15-7-5-4-6-8-15/h4-11H,12,24H2,1-3H3,(H2,25,29). The Hall–Kier alpha value is -3.72. The van der Waals surface area contributed by atoms with E-state index in [2.05, 4.69) is 15.1 Å². The summed E-state index contributed by atoms with van der Waals surface area (Å²) in [6, 6.07) is 15.7. The Kier molecular flexibility index (Phi) is 5.67. The van der Waals surface area contributed by atoms with Crippen LogP contribution in [-0.4, -0.2) is 26.8 Å². The Morgan fingerprint density at radius 2 is 1.91 bits per heavy atom. The average Bonchev–Trinajstić information content (AvgIpc) is 3.35. The van der Waals surface area contributed by atoms with Crippen molar-refractivity contribution in [2.45, 2.75) is 32.8 Å². The Morgan fingerprint density at radius 1 is 1.16 bits per heavy atom. The first-order chi connectivity index (χ1) is 15.2. The number of hydrogen-bond donors (Lipinski definition) is 2. The van der Waals surface area contributed by atoms with Crippen LogP contribution in [0.2, 0.25) is 0 Å². The molecule has 0 saturated heterocycles. The number of carbonyl (C=O) groups is 1. The van der Waals surface area contributed by atoms with Gasteiger partial charge in [-0.25, -0.2) is 9.78 Å². The van der Waals surface area contributed by atoms with Crippen LogP contribution in [0.3, 0.4) is 0 Å². The molecule has 4 aromatic rings. The summed E-state index contributed by atoms with van der Waals surface area (Å²) < 4.78 is 10.7. The van der Waals surface area contributed by atoms with Crippen LogP contribution in [0.5, 0.6) is 0 Å². The predicted molar refractivity (Wildman–Crippen MR) is 124 cm³/mol. The van der Waals surface area contributed by atoms with E-state index in [4.69, 9.17) is 20.7 Å². The fourth-order valence-electron chi connectivity index (χ4n) is 3.43. The van der Waals surface area contributed by atoms with Crippen LogP contribution in [0.15, 0.2) is 53.1 Å². The largest absolute Gasteiger partial charge is 0.443 e. The van der Waals surface area contributed by atoms with Gasteiger partial charge in [-0.05, 0) is 38.0 Å². The van der Waals surface area contributed by atoms with Crippen LogP contribution in [0.25, 0.3) is 32.7 Å². The second-order valence-electron chi connectivity index (χ2n) is 8.03. The summed E-state index contributed by atoms with van der Waals surface area (Å²) in [5.74, 6) is 1.11. The lowest BCUT2D eigenvalue weighted by Gasteiger charge is -2.24. The number of aromatic nitrogens is 3. The van der Waals surface area contributed by atoms with Gasteiger partial charge in [0.15, 0.2) is 0 Å². The van der Waals surface area contributed by atoms with Crippen LogP contribution in [0.4, 0.5) is 10.6 Å². The molecule has 0 bridgehead atoms. The number of thiazole rings is 1. The van der Waals surface area contributed by atoms with Crippen LogP contribution < -0.4 is 11.5 Å². The second kappa shape index (κ2) is 8.43. The van der Waals surface area contributed by atoms with Gasteiger partial charge in [0.1, 0.15) is 21.3 Å². The summed E-state index contributed by atoms with van der Waals surface area (Å²) in [6.45, 7) is 5.58. The lowest BCUT2D eigenvalue weighted by molar-refractivity contribution is 0.0460. The maximum atomic E-state index is 11.2. The highest BCUT2D eigenvalue weighted by atomic mass is 32.1. The molecule has 0 spiro atoms. The van der Waals surface area contributed by atoms with E-state index in [1.165, 1.54) is 11.3 Å². The molecule has 2 aromatic carbocycles. The number of nitrogens with zero attached hydrogens (tertiary/aromatic N) is 3. The van der Waals surface area contributed by atoms with Crippen molar-refractivity contribution in [3.8, 4) is 32.7 Å². The molecular formula is C23H23N5O3S. The first-order valence-electron chi connectivity index (χ1n) is 9.96. The number of ether oxygens (including phenoxy) is 1. The van der Waals surface area contributed by atoms with E-state index >= 15 is 0 Å². The molecule has 0 atom stereocenters. The third-order valence-corrected chi connectivity index (χ3v) is 5.95. The molecule has 0 radical (unpaired) electrons. The molecule has 4 rings (SSSR count). The first kappa shape index (κ1) is 21.5. The van der Waals surface area contributed by atoms with E-state index in [1.54, 1.807) is 13.8 Å². The van der Waals surface area contributed by atoms with Gasteiger partial charge in [-0.3, -0.25) is 0 Å². The van der Waals surface area contributed by atoms with E-state index in [-0.39, 0.29) is 0 Å². The van der Waals surface area contributed by atoms with Gasteiger partial charge in [0.25, 0.3) is 5.89 Å². The molecule has 0 aliphatic rings. The van der Waals surface area contributed by atoms with Crippen LogP contribution in [-0.2, 0) is 11.2 Å². The number of nitrogen functional groups attached to an aromatic ring is 1. The van der Waals surface area contributed by atoms with E-state index in [1.807, 2.05) is 55.5 Å². The highest BCUT2D eigenvalue weighted by Gasteiger charge is 2.24. The second-order valence-corrected chi connectivity index (χ2v) is 9.03. The summed E-state index contributed by atoms with van der Waals surface area (Å²) in [4.78, 5) is 20.8. The zero-order valence-electron chi connectivity index (χ0n) is 18.0. The van der Waals surface area contributed by atoms with Gasteiger partial charge >= 0.3 is 6.09 Å². The number of anilines is 1. The van der Waals surface area contributed by atoms with Crippen LogP contribution >= 0.6 is 11.3 Å². The van der Waals surface area contributed by atoms with Crippen molar-refractivity contribution in [2.24, 2.45) is 5.73 Å². The van der Waals surface area contributed by atoms with Gasteiger partial charge in [-0.1, -0.05) is 47.6 Å². The molecule has 8 nitrogen and oxygen atoms in total. The van der Waals surface area contributed by atoms with Crippen LogP contribution in [0, 0.1) is 6.92 Å². The molecule has 164 valence electrons. The zero-order valence-corrected chi connectivity index (χ0v) is 18.8. The van der Waals surface area contributed by atoms with Crippen LogP contribution in [0.1, 0.15) is 25.0 Å². The van der Waals surface area contributed by atoms with Gasteiger partial charge in [-0.15, -0.1) is 11.3 Å². The highest BCUT2D eigenvalue weighted by Crippen LogP contribution is 2.37. The summed E-state index contributed by atoms with van der Waals surface area (Å²) >= 11 is 1.40. The number of hydrogen-bond acceptors (Lipinski definition) is 8. The van der Waals surface area contributed by atoms with E-state index < -0.39 is 11.7 Å². The smallest absolute Gasteiger partial charge is 0.405 e. The third-order valence-electron chi connectivity index (χ3n) is 4.84. The Labute approximate surface area is 189 Å². The summed E-state index contributed by atoms with van der Waals surface area (Å²) in [7, 11) is 0. The number of nitrogens with two attached hydrogens (primary N) is 2. The summed E-state index contributed by atoms with van der Waals surface area (Å²) in [6.07, 6.45) is -0.321. The van der Waals surface area contributed by atoms with Crippen molar-refractivity contribution in [1.29, 1.82) is 0 Å². The lowest BCUT2D eigenvalue weighted by atomic mass is 9.95. The molecule has 2 aromatic heterocycles. The Balaban J connectivity index is 1.63. The number of amides is 1.